The van der Waals surface area contributed by atoms with Crippen LogP contribution in [0.25, 0.3) is 11.0 Å². The molecule has 0 atom stereocenters. The predicted octanol–water partition coefficient (Wildman–Crippen LogP) is 2.65. The van der Waals surface area contributed by atoms with Crippen LogP contribution in [-0.4, -0.2) is 27.3 Å². The zero-order valence-corrected chi connectivity index (χ0v) is 16.5. The third kappa shape index (κ3) is 4.46. The largest absolute Gasteiger partial charge is 0.355 e. The summed E-state index contributed by atoms with van der Waals surface area (Å²) in [6, 6.07) is 17.3. The summed E-state index contributed by atoms with van der Waals surface area (Å²) in [7, 11) is 1.74. The molecule has 0 radical (unpaired) electrons. The molecular formula is C21H22N4O2S. The summed E-state index contributed by atoms with van der Waals surface area (Å²) in [5, 5.41) is 12.0. The molecule has 2 aromatic carbocycles. The molecule has 0 unspecified atom stereocenters. The lowest BCUT2D eigenvalue weighted by Gasteiger charge is -2.07. The first-order valence-corrected chi connectivity index (χ1v) is 10.2. The van der Waals surface area contributed by atoms with E-state index in [1.54, 1.807) is 27.9 Å². The van der Waals surface area contributed by atoms with Gasteiger partial charge in [0.15, 0.2) is 0 Å². The highest BCUT2D eigenvalue weighted by Gasteiger charge is 2.11. The lowest BCUT2D eigenvalue weighted by atomic mass is 10.1. The van der Waals surface area contributed by atoms with E-state index in [2.05, 4.69) is 11.4 Å². The first-order chi connectivity index (χ1) is 13.6. The van der Waals surface area contributed by atoms with Crippen LogP contribution in [-0.2, 0) is 24.1 Å². The SMILES string of the molecule is Cn1c(=O)n(CCC(=O)NCCSCc2ccccc2C#N)c2ccccc21. The van der Waals surface area contributed by atoms with Gasteiger partial charge in [-0.15, -0.1) is 0 Å². The van der Waals surface area contributed by atoms with E-state index in [1.165, 1.54) is 0 Å². The van der Waals surface area contributed by atoms with Gasteiger partial charge < -0.3 is 5.32 Å². The lowest BCUT2D eigenvalue weighted by Crippen LogP contribution is -2.29. The molecule has 28 heavy (non-hydrogen) atoms. The molecule has 1 amide bonds. The second-order valence-electron chi connectivity index (χ2n) is 6.40. The Morgan fingerprint density at radius 3 is 2.64 bits per heavy atom. The Morgan fingerprint density at radius 1 is 1.14 bits per heavy atom. The van der Waals surface area contributed by atoms with Crippen molar-refractivity contribution in [2.75, 3.05) is 12.3 Å². The van der Waals surface area contributed by atoms with Gasteiger partial charge in [0, 0.05) is 38.1 Å². The number of aryl methyl sites for hydroxylation is 2. The molecule has 7 heteroatoms. The van der Waals surface area contributed by atoms with Crippen molar-refractivity contribution in [1.29, 1.82) is 5.26 Å². The molecule has 0 spiro atoms. The van der Waals surface area contributed by atoms with Crippen molar-refractivity contribution in [3.63, 3.8) is 0 Å². The molecule has 0 fully saturated rings. The minimum Gasteiger partial charge on any atom is -0.355 e. The minimum absolute atomic E-state index is 0.0714. The van der Waals surface area contributed by atoms with Crippen molar-refractivity contribution >= 4 is 28.7 Å². The van der Waals surface area contributed by atoms with Crippen molar-refractivity contribution in [3.8, 4) is 6.07 Å². The third-order valence-corrected chi connectivity index (χ3v) is 5.59. The number of nitriles is 1. The van der Waals surface area contributed by atoms with Crippen LogP contribution in [0, 0.1) is 11.3 Å². The molecule has 0 bridgehead atoms. The van der Waals surface area contributed by atoms with Gasteiger partial charge in [-0.3, -0.25) is 13.9 Å². The first-order valence-electron chi connectivity index (χ1n) is 9.08. The highest BCUT2D eigenvalue weighted by atomic mass is 32.2. The summed E-state index contributed by atoms with van der Waals surface area (Å²) >= 11 is 1.68. The van der Waals surface area contributed by atoms with Crippen LogP contribution < -0.4 is 11.0 Å². The smallest absolute Gasteiger partial charge is 0.328 e. The second kappa shape index (κ2) is 9.29. The Balaban J connectivity index is 1.44. The summed E-state index contributed by atoms with van der Waals surface area (Å²) < 4.78 is 3.24. The quantitative estimate of drug-likeness (QED) is 0.596. The highest BCUT2D eigenvalue weighted by Crippen LogP contribution is 2.15. The van der Waals surface area contributed by atoms with E-state index in [0.29, 0.717) is 18.7 Å². The number of amides is 1. The van der Waals surface area contributed by atoms with E-state index < -0.39 is 0 Å². The van der Waals surface area contributed by atoms with Gasteiger partial charge in [-0.05, 0) is 23.8 Å². The molecule has 1 aromatic heterocycles. The molecule has 6 nitrogen and oxygen atoms in total. The molecular weight excluding hydrogens is 372 g/mol. The fraction of sp³-hybridized carbons (Fsp3) is 0.286. The fourth-order valence-electron chi connectivity index (χ4n) is 3.08. The molecule has 144 valence electrons. The number of aromatic nitrogens is 2. The topological polar surface area (TPSA) is 79.8 Å². The number of thioether (sulfide) groups is 1. The van der Waals surface area contributed by atoms with Crippen molar-refractivity contribution < 1.29 is 4.79 Å². The zero-order valence-electron chi connectivity index (χ0n) is 15.7. The van der Waals surface area contributed by atoms with E-state index >= 15 is 0 Å². The summed E-state index contributed by atoms with van der Waals surface area (Å²) in [6.07, 6.45) is 0.260. The number of nitrogens with zero attached hydrogens (tertiary/aromatic N) is 3. The van der Waals surface area contributed by atoms with Gasteiger partial charge in [0.1, 0.15) is 0 Å². The molecule has 3 aromatic rings. The number of benzene rings is 2. The van der Waals surface area contributed by atoms with Crippen LogP contribution in [0.4, 0.5) is 0 Å². The molecule has 0 aliphatic heterocycles. The van der Waals surface area contributed by atoms with Crippen LogP contribution in [0.2, 0.25) is 0 Å². The maximum atomic E-state index is 12.4. The van der Waals surface area contributed by atoms with Gasteiger partial charge in [-0.2, -0.15) is 17.0 Å². The van der Waals surface area contributed by atoms with Crippen molar-refractivity contribution in [2.24, 2.45) is 7.05 Å². The van der Waals surface area contributed by atoms with E-state index in [4.69, 9.17) is 5.26 Å². The van der Waals surface area contributed by atoms with E-state index in [1.807, 2.05) is 48.5 Å². The summed E-state index contributed by atoms with van der Waals surface area (Å²) in [4.78, 5) is 24.5. The van der Waals surface area contributed by atoms with Gasteiger partial charge in [-0.25, -0.2) is 4.79 Å². The van der Waals surface area contributed by atoms with Crippen LogP contribution in [0.5, 0.6) is 0 Å². The maximum Gasteiger partial charge on any atom is 0.328 e. The van der Waals surface area contributed by atoms with Crippen molar-refractivity contribution in [1.82, 2.24) is 14.5 Å². The Bertz CT molecular complexity index is 1080. The number of hydrogen-bond acceptors (Lipinski definition) is 4. The summed E-state index contributed by atoms with van der Waals surface area (Å²) in [5.41, 5.74) is 3.30. The van der Waals surface area contributed by atoms with Crippen molar-refractivity contribution in [2.45, 2.75) is 18.7 Å². The van der Waals surface area contributed by atoms with Crippen LogP contribution in [0.15, 0.2) is 53.3 Å². The third-order valence-electron chi connectivity index (χ3n) is 4.58. The number of nitrogens with one attached hydrogen (secondary N) is 1. The molecule has 0 saturated heterocycles. The lowest BCUT2D eigenvalue weighted by molar-refractivity contribution is -0.121. The zero-order chi connectivity index (χ0) is 19.9. The molecule has 1 N–H and O–H groups in total. The molecule has 0 saturated carbocycles. The van der Waals surface area contributed by atoms with Gasteiger partial charge in [0.05, 0.1) is 22.7 Å². The number of carbonyl (C=O) groups is 1. The number of para-hydroxylation sites is 2. The molecule has 3 rings (SSSR count). The summed E-state index contributed by atoms with van der Waals surface area (Å²) in [5.74, 6) is 1.43. The number of carbonyl (C=O) groups excluding carboxylic acids is 1. The minimum atomic E-state index is -0.110. The number of imidazole rings is 1. The average molecular weight is 395 g/mol. The van der Waals surface area contributed by atoms with E-state index in [0.717, 1.165) is 28.1 Å². The van der Waals surface area contributed by atoms with Gasteiger partial charge >= 0.3 is 5.69 Å². The number of fused-ring (bicyclic) bond motifs is 1. The number of hydrogen-bond donors (Lipinski definition) is 1. The predicted molar refractivity (Wildman–Crippen MR) is 112 cm³/mol. The Hall–Kier alpha value is -2.98. The van der Waals surface area contributed by atoms with Gasteiger partial charge in [0.25, 0.3) is 0 Å². The van der Waals surface area contributed by atoms with E-state index in [-0.39, 0.29) is 18.0 Å². The van der Waals surface area contributed by atoms with Crippen LogP contribution in [0.1, 0.15) is 17.5 Å². The van der Waals surface area contributed by atoms with Crippen LogP contribution in [0.3, 0.4) is 0 Å². The molecule has 0 aliphatic rings. The Kier molecular flexibility index (Phi) is 6.56. The van der Waals surface area contributed by atoms with E-state index in [9.17, 15) is 9.59 Å². The molecule has 0 aliphatic carbocycles. The molecule has 1 heterocycles. The second-order valence-corrected chi connectivity index (χ2v) is 7.51. The fourth-order valence-corrected chi connectivity index (χ4v) is 3.94. The monoisotopic (exact) mass is 394 g/mol. The van der Waals surface area contributed by atoms with Gasteiger partial charge in [-0.1, -0.05) is 30.3 Å². The van der Waals surface area contributed by atoms with Crippen LogP contribution >= 0.6 is 11.8 Å². The Labute approximate surface area is 167 Å². The Morgan fingerprint density at radius 2 is 1.86 bits per heavy atom. The summed E-state index contributed by atoms with van der Waals surface area (Å²) in [6.45, 7) is 0.914. The van der Waals surface area contributed by atoms with Crippen molar-refractivity contribution in [3.05, 3.63) is 70.1 Å². The maximum absolute atomic E-state index is 12.4. The highest BCUT2D eigenvalue weighted by molar-refractivity contribution is 7.98. The first kappa shape index (κ1) is 19.8. The average Bonchev–Trinajstić information content (AvgIpc) is 2.97. The normalized spacial score (nSPS) is 10.7. The standard InChI is InChI=1S/C21H22N4O2S/c1-24-18-8-4-5-9-19(18)25(21(24)27)12-10-20(26)23-11-13-28-15-17-7-3-2-6-16(17)14-22/h2-9H,10-13,15H2,1H3,(H,23,26). The number of rotatable bonds is 8. The van der Waals surface area contributed by atoms with Gasteiger partial charge in [0.2, 0.25) is 5.91 Å².